The molecule has 0 bridgehead atoms. The molecule has 0 radical (unpaired) electrons. The van der Waals surface area contributed by atoms with E-state index in [9.17, 15) is 9.59 Å². The van der Waals surface area contributed by atoms with Gasteiger partial charge in [0.15, 0.2) is 9.47 Å². The molecule has 0 spiro atoms. The van der Waals surface area contributed by atoms with E-state index >= 15 is 0 Å². The highest BCUT2D eigenvalue weighted by molar-refractivity contribution is 8.01. The molecule has 4 rings (SSSR count). The standard InChI is InChI=1S/C21H16N4O2S3/c26-18(9-6-14-4-2-1-3-5-14)23-15-7-8-16-17(12-15)30-21(24-16)29-13-19(27)25-20-22-10-11-28-20/h1-12H,13H2,(H,23,26)(H,22,25,27)/b9-6+. The van der Waals surface area contributed by atoms with Crippen molar-refractivity contribution in [1.82, 2.24) is 9.97 Å². The van der Waals surface area contributed by atoms with Gasteiger partial charge < -0.3 is 10.6 Å². The molecule has 0 saturated heterocycles. The van der Waals surface area contributed by atoms with Crippen molar-refractivity contribution in [3.05, 3.63) is 71.7 Å². The highest BCUT2D eigenvalue weighted by atomic mass is 32.2. The van der Waals surface area contributed by atoms with Crippen molar-refractivity contribution >= 4 is 73.4 Å². The van der Waals surface area contributed by atoms with E-state index in [4.69, 9.17) is 0 Å². The largest absolute Gasteiger partial charge is 0.322 e. The highest BCUT2D eigenvalue weighted by Gasteiger charge is 2.10. The third-order valence-electron chi connectivity index (χ3n) is 3.87. The van der Waals surface area contributed by atoms with Crippen molar-refractivity contribution in [3.8, 4) is 0 Å². The van der Waals surface area contributed by atoms with Crippen LogP contribution in [0.5, 0.6) is 0 Å². The number of nitrogens with zero attached hydrogens (tertiary/aromatic N) is 2. The molecule has 0 fully saturated rings. The Balaban J connectivity index is 1.35. The van der Waals surface area contributed by atoms with Crippen LogP contribution in [0.15, 0.2) is 70.5 Å². The monoisotopic (exact) mass is 452 g/mol. The van der Waals surface area contributed by atoms with Crippen LogP contribution in [-0.2, 0) is 9.59 Å². The summed E-state index contributed by atoms with van der Waals surface area (Å²) in [5.74, 6) is -0.0590. The second kappa shape index (κ2) is 9.66. The quantitative estimate of drug-likeness (QED) is 0.300. The lowest BCUT2D eigenvalue weighted by Crippen LogP contribution is -2.13. The number of hydrogen-bond donors (Lipinski definition) is 2. The Morgan fingerprint density at radius 2 is 1.97 bits per heavy atom. The van der Waals surface area contributed by atoms with E-state index < -0.39 is 0 Å². The smallest absolute Gasteiger partial charge is 0.248 e. The molecular weight excluding hydrogens is 436 g/mol. The zero-order chi connectivity index (χ0) is 20.8. The lowest BCUT2D eigenvalue weighted by atomic mass is 10.2. The van der Waals surface area contributed by atoms with Crippen LogP contribution in [0.2, 0.25) is 0 Å². The first-order chi connectivity index (χ1) is 14.7. The van der Waals surface area contributed by atoms with Gasteiger partial charge >= 0.3 is 0 Å². The molecule has 4 aromatic rings. The number of benzene rings is 2. The molecular formula is C21H16N4O2S3. The van der Waals surface area contributed by atoms with Gasteiger partial charge in [0, 0.05) is 23.3 Å². The van der Waals surface area contributed by atoms with Crippen molar-refractivity contribution in [1.29, 1.82) is 0 Å². The summed E-state index contributed by atoms with van der Waals surface area (Å²) in [4.78, 5) is 32.7. The summed E-state index contributed by atoms with van der Waals surface area (Å²) in [5.41, 5.74) is 2.50. The van der Waals surface area contributed by atoms with Gasteiger partial charge in [-0.25, -0.2) is 9.97 Å². The lowest BCUT2D eigenvalue weighted by molar-refractivity contribution is -0.114. The van der Waals surface area contributed by atoms with Crippen molar-refractivity contribution in [2.45, 2.75) is 4.34 Å². The van der Waals surface area contributed by atoms with Crippen molar-refractivity contribution < 1.29 is 9.59 Å². The van der Waals surface area contributed by atoms with Gasteiger partial charge in [-0.05, 0) is 29.8 Å². The van der Waals surface area contributed by atoms with Crippen LogP contribution >= 0.6 is 34.4 Å². The number of thioether (sulfide) groups is 1. The van der Waals surface area contributed by atoms with Crippen molar-refractivity contribution in [3.63, 3.8) is 0 Å². The Bertz CT molecular complexity index is 1190. The lowest BCUT2D eigenvalue weighted by Gasteiger charge is -2.01. The molecule has 2 aromatic carbocycles. The summed E-state index contributed by atoms with van der Waals surface area (Å²) in [6.45, 7) is 0. The first-order valence-corrected chi connectivity index (χ1v) is 11.6. The highest BCUT2D eigenvalue weighted by Crippen LogP contribution is 2.31. The van der Waals surface area contributed by atoms with Crippen LogP contribution in [0.1, 0.15) is 5.56 Å². The molecule has 0 aliphatic heterocycles. The van der Waals surface area contributed by atoms with Gasteiger partial charge in [-0.1, -0.05) is 42.1 Å². The maximum Gasteiger partial charge on any atom is 0.248 e. The predicted octanol–water partition coefficient (Wildman–Crippen LogP) is 5.14. The second-order valence-electron chi connectivity index (χ2n) is 6.07. The fourth-order valence-corrected chi connectivity index (χ4v) is 4.98. The first-order valence-electron chi connectivity index (χ1n) is 8.92. The summed E-state index contributed by atoms with van der Waals surface area (Å²) in [6.07, 6.45) is 4.93. The number of carbonyl (C=O) groups is 2. The third kappa shape index (κ3) is 5.53. The number of carbonyl (C=O) groups excluding carboxylic acids is 2. The summed E-state index contributed by atoms with van der Waals surface area (Å²) in [6, 6.07) is 15.2. The average Bonchev–Trinajstić information content (AvgIpc) is 3.40. The van der Waals surface area contributed by atoms with Crippen LogP contribution in [0.4, 0.5) is 10.8 Å². The molecule has 0 aliphatic rings. The summed E-state index contributed by atoms with van der Waals surface area (Å²) < 4.78 is 1.74. The number of thiazole rings is 2. The Morgan fingerprint density at radius 3 is 2.77 bits per heavy atom. The molecule has 2 N–H and O–H groups in total. The van der Waals surface area contributed by atoms with Crippen LogP contribution in [0.3, 0.4) is 0 Å². The molecule has 2 aromatic heterocycles. The molecule has 0 aliphatic carbocycles. The van der Waals surface area contributed by atoms with E-state index in [1.54, 1.807) is 12.3 Å². The fraction of sp³-hybridized carbons (Fsp3) is 0.0476. The number of rotatable bonds is 7. The van der Waals surface area contributed by atoms with E-state index in [-0.39, 0.29) is 17.6 Å². The van der Waals surface area contributed by atoms with Gasteiger partial charge in [-0.15, -0.1) is 22.7 Å². The molecule has 0 unspecified atom stereocenters. The van der Waals surface area contributed by atoms with Crippen molar-refractivity contribution in [2.75, 3.05) is 16.4 Å². The van der Waals surface area contributed by atoms with Gasteiger partial charge in [-0.3, -0.25) is 9.59 Å². The number of fused-ring (bicyclic) bond motifs is 1. The van der Waals surface area contributed by atoms with Gasteiger partial charge in [0.1, 0.15) is 0 Å². The zero-order valence-electron chi connectivity index (χ0n) is 15.6. The predicted molar refractivity (Wildman–Crippen MR) is 125 cm³/mol. The van der Waals surface area contributed by atoms with Crippen LogP contribution in [0.25, 0.3) is 16.3 Å². The molecule has 9 heteroatoms. The fourth-order valence-electron chi connectivity index (χ4n) is 2.53. The topological polar surface area (TPSA) is 84.0 Å². The van der Waals surface area contributed by atoms with Gasteiger partial charge in [0.25, 0.3) is 0 Å². The zero-order valence-corrected chi connectivity index (χ0v) is 18.0. The Kier molecular flexibility index (Phi) is 6.53. The maximum atomic E-state index is 12.2. The maximum absolute atomic E-state index is 12.2. The molecule has 6 nitrogen and oxygen atoms in total. The average molecular weight is 453 g/mol. The first kappa shape index (κ1) is 20.3. The SMILES string of the molecule is O=C(/C=C/c1ccccc1)Nc1ccc2nc(SCC(=O)Nc3nccs3)sc2c1. The summed E-state index contributed by atoms with van der Waals surface area (Å²) in [7, 11) is 0. The van der Waals surface area contributed by atoms with Gasteiger partial charge in [0.2, 0.25) is 11.8 Å². The summed E-state index contributed by atoms with van der Waals surface area (Å²) in [5, 5.41) is 8.02. The van der Waals surface area contributed by atoms with Crippen LogP contribution in [0, 0.1) is 0 Å². The molecule has 2 amide bonds. The number of amides is 2. The minimum Gasteiger partial charge on any atom is -0.322 e. The number of aromatic nitrogens is 2. The van der Waals surface area contributed by atoms with E-state index in [1.165, 1.54) is 40.5 Å². The van der Waals surface area contributed by atoms with Crippen LogP contribution in [-0.4, -0.2) is 27.5 Å². The Hall–Kier alpha value is -3.01. The second-order valence-corrected chi connectivity index (χ2v) is 9.22. The Labute approximate surface area is 185 Å². The number of hydrogen-bond acceptors (Lipinski definition) is 7. The van der Waals surface area contributed by atoms with E-state index in [2.05, 4.69) is 20.6 Å². The van der Waals surface area contributed by atoms with E-state index in [1.807, 2.05) is 53.9 Å². The Morgan fingerprint density at radius 1 is 1.10 bits per heavy atom. The molecule has 0 saturated carbocycles. The minimum atomic E-state index is -0.198. The third-order valence-corrected chi connectivity index (χ3v) is 6.72. The van der Waals surface area contributed by atoms with Crippen LogP contribution < -0.4 is 10.6 Å². The number of nitrogens with one attached hydrogen (secondary N) is 2. The van der Waals surface area contributed by atoms with Gasteiger partial charge in [-0.2, -0.15) is 0 Å². The van der Waals surface area contributed by atoms with Crippen molar-refractivity contribution in [2.24, 2.45) is 0 Å². The van der Waals surface area contributed by atoms with E-state index in [0.29, 0.717) is 10.8 Å². The number of anilines is 2. The van der Waals surface area contributed by atoms with Gasteiger partial charge in [0.05, 0.1) is 16.0 Å². The molecule has 0 atom stereocenters. The molecule has 150 valence electrons. The molecule has 30 heavy (non-hydrogen) atoms. The normalized spacial score (nSPS) is 11.1. The van der Waals surface area contributed by atoms with E-state index in [0.717, 1.165) is 20.1 Å². The summed E-state index contributed by atoms with van der Waals surface area (Å²) >= 11 is 4.24. The minimum absolute atomic E-state index is 0.118. The molecule has 2 heterocycles.